The molecule has 2 aromatic heterocycles. The van der Waals surface area contributed by atoms with Gasteiger partial charge >= 0.3 is 6.18 Å². The number of anilines is 1. The Bertz CT molecular complexity index is 825. The van der Waals surface area contributed by atoms with E-state index in [4.69, 9.17) is 11.6 Å². The van der Waals surface area contributed by atoms with Gasteiger partial charge in [-0.3, -0.25) is 4.99 Å². The van der Waals surface area contributed by atoms with Crippen LogP contribution in [0.2, 0.25) is 5.02 Å². The summed E-state index contributed by atoms with van der Waals surface area (Å²) in [6.45, 7) is 2.00. The van der Waals surface area contributed by atoms with E-state index in [2.05, 4.69) is 30.5 Å². The molecular formula is C17H20ClF3N6S. The maximum atomic E-state index is 12.6. The van der Waals surface area contributed by atoms with Crippen LogP contribution < -0.4 is 15.5 Å². The number of guanidine groups is 1. The van der Waals surface area contributed by atoms with Gasteiger partial charge < -0.3 is 15.5 Å². The second-order valence-electron chi connectivity index (χ2n) is 6.26. The number of aromatic nitrogens is 2. The largest absolute Gasteiger partial charge is 0.434 e. The molecule has 0 amide bonds. The van der Waals surface area contributed by atoms with Crippen LogP contribution in [0, 0.1) is 0 Å². The predicted molar refractivity (Wildman–Crippen MR) is 105 cm³/mol. The van der Waals surface area contributed by atoms with Crippen LogP contribution in [0.5, 0.6) is 0 Å². The summed E-state index contributed by atoms with van der Waals surface area (Å²) >= 11 is 7.22. The maximum Gasteiger partial charge on any atom is 0.434 e. The SMILES string of the molecule is CN=C(NCCc1nc(C(F)(F)F)cs1)NC1CCN(c2ncccc2Cl)C1. The van der Waals surface area contributed by atoms with E-state index in [-0.39, 0.29) is 6.04 Å². The molecule has 1 fully saturated rings. The first-order chi connectivity index (χ1) is 13.4. The zero-order valence-electron chi connectivity index (χ0n) is 15.1. The molecule has 1 aliphatic rings. The zero-order chi connectivity index (χ0) is 20.1. The third kappa shape index (κ3) is 5.26. The number of nitrogens with zero attached hydrogens (tertiary/aromatic N) is 4. The van der Waals surface area contributed by atoms with Crippen molar-refractivity contribution in [2.45, 2.75) is 25.1 Å². The van der Waals surface area contributed by atoms with Crippen molar-refractivity contribution in [1.82, 2.24) is 20.6 Å². The Morgan fingerprint density at radius 3 is 2.96 bits per heavy atom. The Kier molecular flexibility index (Phi) is 6.61. The standard InChI is InChI=1S/C17H20ClF3N6S/c1-22-16(24-7-4-14-26-13(10-28-14)17(19,20)21)25-11-5-8-27(9-11)15-12(18)3-2-6-23-15/h2-3,6,10-11H,4-5,7-9H2,1H3,(H2,22,24,25). The van der Waals surface area contributed by atoms with Gasteiger partial charge in [0.05, 0.1) is 10.0 Å². The van der Waals surface area contributed by atoms with Gasteiger partial charge in [0, 0.05) is 50.7 Å². The number of hydrogen-bond acceptors (Lipinski definition) is 5. The van der Waals surface area contributed by atoms with Crippen LogP contribution in [0.1, 0.15) is 17.1 Å². The molecule has 152 valence electrons. The van der Waals surface area contributed by atoms with Gasteiger partial charge in [0.2, 0.25) is 0 Å². The monoisotopic (exact) mass is 432 g/mol. The van der Waals surface area contributed by atoms with Gasteiger partial charge in [-0.1, -0.05) is 11.6 Å². The van der Waals surface area contributed by atoms with E-state index in [0.717, 1.165) is 42.0 Å². The van der Waals surface area contributed by atoms with E-state index in [1.165, 1.54) is 0 Å². The van der Waals surface area contributed by atoms with E-state index in [1.807, 2.05) is 6.07 Å². The number of pyridine rings is 1. The summed E-state index contributed by atoms with van der Waals surface area (Å²) in [5.41, 5.74) is -0.839. The number of halogens is 4. The van der Waals surface area contributed by atoms with Crippen molar-refractivity contribution in [2.75, 3.05) is 31.6 Å². The Balaban J connectivity index is 1.46. The van der Waals surface area contributed by atoms with Crippen LogP contribution in [0.3, 0.4) is 0 Å². The second kappa shape index (κ2) is 8.95. The van der Waals surface area contributed by atoms with Gasteiger partial charge in [0.25, 0.3) is 0 Å². The molecule has 0 saturated carbocycles. The first-order valence-electron chi connectivity index (χ1n) is 8.71. The molecular weight excluding hydrogens is 413 g/mol. The van der Waals surface area contributed by atoms with Crippen molar-refractivity contribution in [2.24, 2.45) is 4.99 Å². The van der Waals surface area contributed by atoms with Crippen molar-refractivity contribution in [3.05, 3.63) is 39.4 Å². The molecule has 11 heteroatoms. The lowest BCUT2D eigenvalue weighted by Crippen LogP contribution is -2.45. The summed E-state index contributed by atoms with van der Waals surface area (Å²) in [6, 6.07) is 3.78. The average Bonchev–Trinajstić information content (AvgIpc) is 3.30. The Labute approximate surface area is 169 Å². The van der Waals surface area contributed by atoms with Gasteiger partial charge in [-0.15, -0.1) is 11.3 Å². The summed E-state index contributed by atoms with van der Waals surface area (Å²) in [5.74, 6) is 1.37. The van der Waals surface area contributed by atoms with Gasteiger partial charge in [0.1, 0.15) is 5.82 Å². The fraction of sp³-hybridized carbons (Fsp3) is 0.471. The first kappa shape index (κ1) is 20.7. The molecule has 2 N–H and O–H groups in total. The fourth-order valence-electron chi connectivity index (χ4n) is 2.91. The van der Waals surface area contributed by atoms with Crippen molar-refractivity contribution < 1.29 is 13.2 Å². The molecule has 28 heavy (non-hydrogen) atoms. The molecule has 1 aliphatic heterocycles. The number of alkyl halides is 3. The molecule has 2 aromatic rings. The molecule has 0 bridgehead atoms. The number of hydrogen-bond donors (Lipinski definition) is 2. The van der Waals surface area contributed by atoms with Gasteiger partial charge in [0.15, 0.2) is 11.7 Å². The molecule has 0 aliphatic carbocycles. The lowest BCUT2D eigenvalue weighted by molar-refractivity contribution is -0.140. The molecule has 1 saturated heterocycles. The van der Waals surface area contributed by atoms with E-state index in [9.17, 15) is 13.2 Å². The molecule has 6 nitrogen and oxygen atoms in total. The van der Waals surface area contributed by atoms with Crippen LogP contribution in [0.4, 0.5) is 19.0 Å². The number of aliphatic imine (C=N–C) groups is 1. The highest BCUT2D eigenvalue weighted by Gasteiger charge is 2.33. The molecule has 3 rings (SSSR count). The fourth-order valence-corrected chi connectivity index (χ4v) is 3.96. The topological polar surface area (TPSA) is 65.4 Å². The second-order valence-corrected chi connectivity index (χ2v) is 7.61. The highest BCUT2D eigenvalue weighted by Crippen LogP contribution is 2.30. The summed E-state index contributed by atoms with van der Waals surface area (Å²) in [7, 11) is 1.66. The van der Waals surface area contributed by atoms with Crippen LogP contribution in [0.15, 0.2) is 28.7 Å². The Morgan fingerprint density at radius 1 is 1.46 bits per heavy atom. The predicted octanol–water partition coefficient (Wildman–Crippen LogP) is 3.20. The van der Waals surface area contributed by atoms with Crippen molar-refractivity contribution in [1.29, 1.82) is 0 Å². The van der Waals surface area contributed by atoms with Crippen molar-refractivity contribution in [3.8, 4) is 0 Å². The minimum Gasteiger partial charge on any atom is -0.356 e. The molecule has 0 radical (unpaired) electrons. The summed E-state index contributed by atoms with van der Waals surface area (Å²) in [5, 5.41) is 8.55. The number of thiazole rings is 1. The lowest BCUT2D eigenvalue weighted by Gasteiger charge is -2.20. The Morgan fingerprint density at radius 2 is 2.29 bits per heavy atom. The lowest BCUT2D eigenvalue weighted by atomic mass is 10.3. The molecule has 1 atom stereocenters. The quantitative estimate of drug-likeness (QED) is 0.561. The minimum absolute atomic E-state index is 0.168. The maximum absolute atomic E-state index is 12.6. The van der Waals surface area contributed by atoms with Gasteiger partial charge in [-0.2, -0.15) is 13.2 Å². The van der Waals surface area contributed by atoms with Crippen LogP contribution >= 0.6 is 22.9 Å². The Hall–Kier alpha value is -2.07. The third-order valence-corrected chi connectivity index (χ3v) is 5.47. The smallest absolute Gasteiger partial charge is 0.356 e. The highest BCUT2D eigenvalue weighted by molar-refractivity contribution is 7.09. The summed E-state index contributed by atoms with van der Waals surface area (Å²) in [4.78, 5) is 14.2. The molecule has 3 heterocycles. The molecule has 0 spiro atoms. The molecule has 0 aromatic carbocycles. The van der Waals surface area contributed by atoms with Crippen LogP contribution in [0.25, 0.3) is 0 Å². The summed E-state index contributed by atoms with van der Waals surface area (Å²) < 4.78 is 37.8. The van der Waals surface area contributed by atoms with Crippen LogP contribution in [-0.2, 0) is 12.6 Å². The number of nitrogens with one attached hydrogen (secondary N) is 2. The molecule has 1 unspecified atom stereocenters. The minimum atomic E-state index is -4.40. The van der Waals surface area contributed by atoms with Gasteiger partial charge in [-0.05, 0) is 18.6 Å². The summed E-state index contributed by atoms with van der Waals surface area (Å²) in [6.07, 6.45) is -1.40. The van der Waals surface area contributed by atoms with Crippen LogP contribution in [-0.4, -0.2) is 48.7 Å². The van der Waals surface area contributed by atoms with E-state index >= 15 is 0 Å². The van der Waals surface area contributed by atoms with Crippen molar-refractivity contribution in [3.63, 3.8) is 0 Å². The van der Waals surface area contributed by atoms with E-state index < -0.39 is 11.9 Å². The van der Waals surface area contributed by atoms with E-state index in [1.54, 1.807) is 19.3 Å². The normalized spacial score (nSPS) is 17.8. The van der Waals surface area contributed by atoms with Crippen molar-refractivity contribution >= 4 is 34.7 Å². The highest BCUT2D eigenvalue weighted by atomic mass is 35.5. The zero-order valence-corrected chi connectivity index (χ0v) is 16.7. The third-order valence-electron chi connectivity index (χ3n) is 4.26. The first-order valence-corrected chi connectivity index (χ1v) is 9.97. The number of rotatable bonds is 5. The van der Waals surface area contributed by atoms with Gasteiger partial charge in [-0.25, -0.2) is 9.97 Å². The van der Waals surface area contributed by atoms with E-state index in [0.29, 0.717) is 29.0 Å². The average molecular weight is 433 g/mol.